The van der Waals surface area contributed by atoms with Crippen molar-refractivity contribution in [3.8, 4) is 22.1 Å². The quantitative estimate of drug-likeness (QED) is 0.117. The van der Waals surface area contributed by atoms with E-state index in [9.17, 15) is 27.9 Å². The second-order valence-electron chi connectivity index (χ2n) is 17.4. The maximum absolute atomic E-state index is 15.4. The Labute approximate surface area is 389 Å². The number of pyridine rings is 1. The van der Waals surface area contributed by atoms with Gasteiger partial charge >= 0.3 is 6.18 Å². The summed E-state index contributed by atoms with van der Waals surface area (Å²) in [6.45, 7) is 3.87. The molecule has 6 atom stereocenters. The molecule has 18 heteroatoms. The summed E-state index contributed by atoms with van der Waals surface area (Å²) in [7, 11) is 2.89. The van der Waals surface area contributed by atoms with Crippen LogP contribution in [0.5, 0.6) is 11.5 Å². The molecule has 2 saturated heterocycles. The van der Waals surface area contributed by atoms with Crippen molar-refractivity contribution in [2.24, 2.45) is 36.1 Å². The Balaban J connectivity index is 1.05. The molecule has 1 N–H and O–H groups in total. The van der Waals surface area contributed by atoms with Crippen molar-refractivity contribution in [2.75, 3.05) is 17.0 Å². The molecule has 0 spiro atoms. The van der Waals surface area contributed by atoms with E-state index in [1.54, 1.807) is 44.3 Å². The number of carbonyl (C=O) groups excluding carboxylic acids is 4. The van der Waals surface area contributed by atoms with Gasteiger partial charge in [-0.05, 0) is 85.5 Å². The number of ether oxygens (including phenoxy) is 1. The van der Waals surface area contributed by atoms with Crippen LogP contribution < -0.4 is 14.6 Å². The number of nitrogens with zero attached hydrogens (tertiary/aromatic N) is 6. The topological polar surface area (TPSA) is 138 Å². The van der Waals surface area contributed by atoms with E-state index in [1.165, 1.54) is 29.1 Å². The van der Waals surface area contributed by atoms with Crippen LogP contribution >= 0.6 is 34.5 Å². The van der Waals surface area contributed by atoms with Crippen molar-refractivity contribution in [2.45, 2.75) is 45.4 Å². The summed E-state index contributed by atoms with van der Waals surface area (Å²) in [6, 6.07) is 23.2. The number of halogens is 5. The fourth-order valence-corrected chi connectivity index (χ4v) is 12.1. The van der Waals surface area contributed by atoms with Crippen LogP contribution in [-0.2, 0) is 39.0 Å². The van der Waals surface area contributed by atoms with Gasteiger partial charge in [-0.3, -0.25) is 28.9 Å². The SMILES string of the molecule is Cc1c(-c2cc(N3C(=O)[C@@H]4C[C@@H]5C(=CC[C@@H]6C(=O)N(N(C)c7nc(C(F)(F)F)ccc7Cl)C(=O)[C@@H]65)[C@H](c5ccc(OCc6ccccc6)cc5O)[C@]4(C)C3=O)n(C)n2)sc2ccc(Cl)cc12. The Morgan fingerprint density at radius 1 is 0.955 bits per heavy atom. The zero-order chi connectivity index (χ0) is 46.7. The molecule has 3 aromatic carbocycles. The largest absolute Gasteiger partial charge is 0.508 e. The third kappa shape index (κ3) is 6.69. The maximum Gasteiger partial charge on any atom is 0.433 e. The molecule has 3 aromatic heterocycles. The number of amides is 4. The molecule has 2 aliphatic heterocycles. The monoisotopic (exact) mass is 954 g/mol. The van der Waals surface area contributed by atoms with E-state index >= 15 is 9.59 Å². The van der Waals surface area contributed by atoms with Crippen molar-refractivity contribution < 1.29 is 42.2 Å². The summed E-state index contributed by atoms with van der Waals surface area (Å²) in [5.41, 5.74) is 0.467. The number of carbonyl (C=O) groups is 4. The third-order valence-corrected chi connectivity index (χ3v) is 15.6. The lowest BCUT2D eigenvalue weighted by Gasteiger charge is -2.49. The van der Waals surface area contributed by atoms with Crippen LogP contribution in [-0.4, -0.2) is 55.6 Å². The molecule has 3 fully saturated rings. The molecular weight excluding hydrogens is 917 g/mol. The number of imide groups is 2. The number of thiophene rings is 1. The number of aromatic nitrogens is 3. The van der Waals surface area contributed by atoms with Gasteiger partial charge in [0.15, 0.2) is 5.82 Å². The van der Waals surface area contributed by atoms with Gasteiger partial charge in [-0.1, -0.05) is 71.2 Å². The highest BCUT2D eigenvalue weighted by Crippen LogP contribution is 2.65. The maximum atomic E-state index is 15.4. The summed E-state index contributed by atoms with van der Waals surface area (Å²) in [5, 5.41) is 19.7. The fourth-order valence-electron chi connectivity index (χ4n) is 10.6. The number of benzene rings is 3. The Morgan fingerprint density at radius 2 is 1.71 bits per heavy atom. The first kappa shape index (κ1) is 43.7. The molecule has 338 valence electrons. The van der Waals surface area contributed by atoms with Gasteiger partial charge in [-0.2, -0.15) is 23.3 Å². The number of phenolic OH excluding ortho intramolecular Hbond substituents is 1. The van der Waals surface area contributed by atoms with Gasteiger partial charge in [0.1, 0.15) is 35.3 Å². The lowest BCUT2D eigenvalue weighted by molar-refractivity contribution is -0.141. The Kier molecular flexibility index (Phi) is 10.4. The van der Waals surface area contributed by atoms with Gasteiger partial charge in [0.2, 0.25) is 11.8 Å². The minimum atomic E-state index is -4.84. The summed E-state index contributed by atoms with van der Waals surface area (Å²) in [4.78, 5) is 65.2. The number of anilines is 2. The Bertz CT molecular complexity index is 3080. The van der Waals surface area contributed by atoms with Crippen LogP contribution in [0.2, 0.25) is 10.0 Å². The second kappa shape index (κ2) is 15.7. The lowest BCUT2D eigenvalue weighted by atomic mass is 9.51. The predicted molar refractivity (Wildman–Crippen MR) is 242 cm³/mol. The third-order valence-electron chi connectivity index (χ3n) is 13.8. The number of alkyl halides is 3. The average molecular weight is 956 g/mol. The molecule has 6 aromatic rings. The Morgan fingerprint density at radius 3 is 2.44 bits per heavy atom. The molecule has 12 nitrogen and oxygen atoms in total. The summed E-state index contributed by atoms with van der Waals surface area (Å²) < 4.78 is 49.9. The number of hydrogen-bond donors (Lipinski definition) is 1. The number of allylic oxidation sites excluding steroid dienone is 2. The number of fused-ring (bicyclic) bond motifs is 5. The number of rotatable bonds is 8. The van der Waals surface area contributed by atoms with Crippen LogP contribution in [0.3, 0.4) is 0 Å². The van der Waals surface area contributed by atoms with Gasteiger partial charge in [-0.25, -0.2) is 9.88 Å². The van der Waals surface area contributed by atoms with Crippen molar-refractivity contribution >= 4 is 79.9 Å². The zero-order valence-electron chi connectivity index (χ0n) is 35.6. The number of aromatic hydroxyl groups is 1. The molecule has 5 heterocycles. The van der Waals surface area contributed by atoms with E-state index in [0.29, 0.717) is 33.7 Å². The van der Waals surface area contributed by atoms with Crippen molar-refractivity contribution in [1.29, 1.82) is 0 Å². The molecule has 2 aliphatic carbocycles. The van der Waals surface area contributed by atoms with E-state index in [1.807, 2.05) is 49.4 Å². The molecular formula is C48H39Cl2F3N6O6S. The number of hydrogen-bond acceptors (Lipinski definition) is 10. The van der Waals surface area contributed by atoms with Gasteiger partial charge < -0.3 is 9.84 Å². The van der Waals surface area contributed by atoms with Gasteiger partial charge in [-0.15, -0.1) is 11.3 Å². The highest BCUT2D eigenvalue weighted by atomic mass is 35.5. The van der Waals surface area contributed by atoms with Crippen molar-refractivity contribution in [1.82, 2.24) is 19.8 Å². The minimum Gasteiger partial charge on any atom is -0.508 e. The van der Waals surface area contributed by atoms with E-state index in [4.69, 9.17) is 33.0 Å². The predicted octanol–water partition coefficient (Wildman–Crippen LogP) is 9.90. The standard InChI is InChI=1S/C48H39Cl2F3N6O6S/c1-23-30-18-25(49)10-16-36(30)66-41(23)34-21-38(56(3)55-34)58-44(62)32-20-31-27(40(47(32,2)46(58)64)28-12-11-26(19-35(28)60)65-22-24-8-6-5-7-9-24)13-14-29-39(31)45(63)59(43(29)61)57(4)42-33(50)15-17-37(54-42)48(51,52)53/h5-13,15-19,21,29,31-32,39-40,60H,14,20,22H2,1-4H3/t29-,31+,32-,39-,40+,47+/m0/s1. The molecule has 0 bridgehead atoms. The van der Waals surface area contributed by atoms with Crippen LogP contribution in [0.1, 0.15) is 48.1 Å². The minimum absolute atomic E-state index is 0.0276. The highest BCUT2D eigenvalue weighted by molar-refractivity contribution is 7.22. The normalized spacial score (nSPS) is 23.9. The zero-order valence-corrected chi connectivity index (χ0v) is 38.0. The number of aryl methyl sites for hydroxylation is 2. The van der Waals surface area contributed by atoms with Crippen LogP contribution in [0.4, 0.5) is 24.8 Å². The summed E-state index contributed by atoms with van der Waals surface area (Å²) in [6.07, 6.45) is -3.03. The molecule has 4 aliphatic rings. The number of phenols is 1. The second-order valence-corrected chi connectivity index (χ2v) is 19.3. The van der Waals surface area contributed by atoms with Crippen LogP contribution in [0.15, 0.2) is 96.6 Å². The molecule has 66 heavy (non-hydrogen) atoms. The van der Waals surface area contributed by atoms with Crippen LogP contribution in [0, 0.1) is 36.0 Å². The Hall–Kier alpha value is -6.23. The summed E-state index contributed by atoms with van der Waals surface area (Å²) in [5.74, 6) is -7.49. The molecule has 0 unspecified atom stereocenters. The summed E-state index contributed by atoms with van der Waals surface area (Å²) >= 11 is 14.2. The fraction of sp³-hybridized carbons (Fsp3) is 0.292. The van der Waals surface area contributed by atoms with Crippen LogP contribution in [0.25, 0.3) is 20.7 Å². The van der Waals surface area contributed by atoms with Crippen molar-refractivity contribution in [3.63, 3.8) is 0 Å². The van der Waals surface area contributed by atoms with Crippen molar-refractivity contribution in [3.05, 3.63) is 129 Å². The molecule has 4 amide bonds. The highest BCUT2D eigenvalue weighted by Gasteiger charge is 2.68. The van der Waals surface area contributed by atoms with Gasteiger partial charge in [0.05, 0.1) is 33.1 Å². The van der Waals surface area contributed by atoms with E-state index in [-0.39, 0.29) is 36.0 Å². The molecule has 1 saturated carbocycles. The number of hydrazine groups is 1. The molecule has 10 rings (SSSR count). The first-order chi connectivity index (χ1) is 31.4. The first-order valence-electron chi connectivity index (χ1n) is 21.0. The van der Waals surface area contributed by atoms with E-state index in [0.717, 1.165) is 47.1 Å². The average Bonchev–Trinajstić information content (AvgIpc) is 3.96. The van der Waals surface area contributed by atoms with Gasteiger partial charge in [0.25, 0.3) is 11.8 Å². The smallest absolute Gasteiger partial charge is 0.433 e. The lowest BCUT2D eigenvalue weighted by Crippen LogP contribution is -2.49. The van der Waals surface area contributed by atoms with Gasteiger partial charge in [0, 0.05) is 47.4 Å². The first-order valence-corrected chi connectivity index (χ1v) is 22.6. The van der Waals surface area contributed by atoms with E-state index in [2.05, 4.69) is 4.98 Å². The van der Waals surface area contributed by atoms with E-state index < -0.39 is 76.3 Å². The molecule has 0 radical (unpaired) electrons.